The number of alkyl halides is 1. The summed E-state index contributed by atoms with van der Waals surface area (Å²) in [6, 6.07) is 16.2. The maximum Gasteiger partial charge on any atom is 0.165 e. The van der Waals surface area contributed by atoms with Gasteiger partial charge in [0, 0.05) is 5.56 Å². The zero-order chi connectivity index (χ0) is 14.2. The maximum absolute atomic E-state index is 5.93. The third-order valence-electron chi connectivity index (χ3n) is 3.12. The molecule has 0 amide bonds. The average molecular weight is 291 g/mol. The van der Waals surface area contributed by atoms with E-state index in [1.54, 1.807) is 7.11 Å². The first-order valence-corrected chi connectivity index (χ1v) is 7.27. The molecule has 0 saturated heterocycles. The highest BCUT2D eigenvalue weighted by Crippen LogP contribution is 2.32. The monoisotopic (exact) mass is 290 g/mol. The van der Waals surface area contributed by atoms with Crippen molar-refractivity contribution in [2.45, 2.75) is 18.7 Å². The van der Waals surface area contributed by atoms with Crippen LogP contribution in [0.2, 0.25) is 0 Å². The standard InChI is InChI=1S/C17H19ClO2/c1-19-16-11-5-10-15(13-18)17(16)20-12-6-9-14-7-3-2-4-8-14/h2-5,7-8,10-11H,6,9,12-13H2,1H3. The molecule has 0 aromatic heterocycles. The van der Waals surface area contributed by atoms with Gasteiger partial charge in [-0.05, 0) is 24.5 Å². The molecule has 3 heteroatoms. The van der Waals surface area contributed by atoms with Crippen molar-refractivity contribution in [2.24, 2.45) is 0 Å². The van der Waals surface area contributed by atoms with Gasteiger partial charge in [-0.2, -0.15) is 0 Å². The SMILES string of the molecule is COc1cccc(CCl)c1OCCCc1ccccc1. The minimum atomic E-state index is 0.422. The van der Waals surface area contributed by atoms with E-state index in [9.17, 15) is 0 Å². The van der Waals surface area contributed by atoms with Crippen LogP contribution in [0.1, 0.15) is 17.5 Å². The Kier molecular flexibility index (Phi) is 5.75. The van der Waals surface area contributed by atoms with Crippen molar-refractivity contribution in [3.05, 3.63) is 59.7 Å². The largest absolute Gasteiger partial charge is 0.493 e. The van der Waals surface area contributed by atoms with Crippen molar-refractivity contribution in [2.75, 3.05) is 13.7 Å². The van der Waals surface area contributed by atoms with Crippen LogP contribution in [0, 0.1) is 0 Å². The van der Waals surface area contributed by atoms with E-state index in [0.29, 0.717) is 12.5 Å². The van der Waals surface area contributed by atoms with E-state index in [1.807, 2.05) is 24.3 Å². The topological polar surface area (TPSA) is 18.5 Å². The van der Waals surface area contributed by atoms with Gasteiger partial charge < -0.3 is 9.47 Å². The summed E-state index contributed by atoms with van der Waals surface area (Å²) in [4.78, 5) is 0. The Labute approximate surface area is 125 Å². The fraction of sp³-hybridized carbons (Fsp3) is 0.294. The van der Waals surface area contributed by atoms with Gasteiger partial charge >= 0.3 is 0 Å². The molecule has 0 aliphatic carbocycles. The molecule has 20 heavy (non-hydrogen) atoms. The van der Waals surface area contributed by atoms with E-state index in [0.717, 1.165) is 29.9 Å². The van der Waals surface area contributed by atoms with E-state index in [-0.39, 0.29) is 0 Å². The fourth-order valence-electron chi connectivity index (χ4n) is 2.09. The first-order valence-electron chi connectivity index (χ1n) is 6.73. The van der Waals surface area contributed by atoms with Crippen LogP contribution in [-0.4, -0.2) is 13.7 Å². The van der Waals surface area contributed by atoms with Gasteiger partial charge in [-0.15, -0.1) is 11.6 Å². The van der Waals surface area contributed by atoms with Crippen LogP contribution in [0.25, 0.3) is 0 Å². The smallest absolute Gasteiger partial charge is 0.165 e. The third-order valence-corrected chi connectivity index (χ3v) is 3.41. The van der Waals surface area contributed by atoms with Crippen LogP contribution in [-0.2, 0) is 12.3 Å². The van der Waals surface area contributed by atoms with Gasteiger partial charge in [0.2, 0.25) is 0 Å². The van der Waals surface area contributed by atoms with Crippen LogP contribution in [0.4, 0.5) is 0 Å². The number of hydrogen-bond donors (Lipinski definition) is 0. The van der Waals surface area contributed by atoms with Crippen molar-refractivity contribution in [1.82, 2.24) is 0 Å². The lowest BCUT2D eigenvalue weighted by molar-refractivity contribution is 0.287. The first kappa shape index (κ1) is 14.7. The summed E-state index contributed by atoms with van der Waals surface area (Å²) in [5.74, 6) is 1.92. The molecule has 0 spiro atoms. The Balaban J connectivity index is 1.90. The highest BCUT2D eigenvalue weighted by Gasteiger charge is 2.09. The Hall–Kier alpha value is -1.67. The summed E-state index contributed by atoms with van der Waals surface area (Å²) in [5, 5.41) is 0. The molecule has 0 radical (unpaired) electrons. The van der Waals surface area contributed by atoms with Crippen molar-refractivity contribution >= 4 is 11.6 Å². The van der Waals surface area contributed by atoms with Gasteiger partial charge in [0.05, 0.1) is 19.6 Å². The Morgan fingerprint density at radius 3 is 2.50 bits per heavy atom. The highest BCUT2D eigenvalue weighted by atomic mass is 35.5. The molecule has 2 nitrogen and oxygen atoms in total. The summed E-state index contributed by atoms with van der Waals surface area (Å²) in [6.45, 7) is 0.652. The predicted molar refractivity (Wildman–Crippen MR) is 82.8 cm³/mol. The molecule has 0 atom stereocenters. The second-order valence-electron chi connectivity index (χ2n) is 4.52. The van der Waals surface area contributed by atoms with E-state index in [2.05, 4.69) is 24.3 Å². The van der Waals surface area contributed by atoms with Crippen molar-refractivity contribution < 1.29 is 9.47 Å². The summed E-state index contributed by atoms with van der Waals surface area (Å²) < 4.78 is 11.2. The van der Waals surface area contributed by atoms with Crippen LogP contribution in [0.3, 0.4) is 0 Å². The number of hydrogen-bond acceptors (Lipinski definition) is 2. The number of aryl methyl sites for hydroxylation is 1. The van der Waals surface area contributed by atoms with Crippen molar-refractivity contribution in [3.63, 3.8) is 0 Å². The van der Waals surface area contributed by atoms with Crippen molar-refractivity contribution in [3.8, 4) is 11.5 Å². The molecular weight excluding hydrogens is 272 g/mol. The zero-order valence-electron chi connectivity index (χ0n) is 11.6. The number of benzene rings is 2. The fourth-order valence-corrected chi connectivity index (χ4v) is 2.30. The molecule has 0 saturated carbocycles. The number of methoxy groups -OCH3 is 1. The molecule has 2 rings (SSSR count). The van der Waals surface area contributed by atoms with E-state index in [4.69, 9.17) is 21.1 Å². The Morgan fingerprint density at radius 2 is 1.80 bits per heavy atom. The summed E-state index contributed by atoms with van der Waals surface area (Å²) in [7, 11) is 1.64. The van der Waals surface area contributed by atoms with E-state index >= 15 is 0 Å². The molecule has 0 aliphatic heterocycles. The second kappa shape index (κ2) is 7.81. The van der Waals surface area contributed by atoms with Gasteiger partial charge in [0.25, 0.3) is 0 Å². The molecule has 2 aromatic carbocycles. The van der Waals surface area contributed by atoms with Gasteiger partial charge in [0.15, 0.2) is 11.5 Å². The van der Waals surface area contributed by atoms with Gasteiger partial charge in [-0.25, -0.2) is 0 Å². The quantitative estimate of drug-likeness (QED) is 0.554. The number of para-hydroxylation sites is 1. The van der Waals surface area contributed by atoms with E-state index < -0.39 is 0 Å². The number of rotatable bonds is 7. The number of ether oxygens (including phenoxy) is 2. The lowest BCUT2D eigenvalue weighted by Gasteiger charge is -2.13. The van der Waals surface area contributed by atoms with Crippen LogP contribution in [0.15, 0.2) is 48.5 Å². The van der Waals surface area contributed by atoms with Crippen LogP contribution >= 0.6 is 11.6 Å². The molecule has 0 bridgehead atoms. The first-order chi connectivity index (χ1) is 9.85. The predicted octanol–water partition coefficient (Wildman–Crippen LogP) is 4.45. The van der Waals surface area contributed by atoms with Gasteiger partial charge in [0.1, 0.15) is 0 Å². The van der Waals surface area contributed by atoms with E-state index in [1.165, 1.54) is 5.56 Å². The van der Waals surface area contributed by atoms with Crippen LogP contribution in [0.5, 0.6) is 11.5 Å². The highest BCUT2D eigenvalue weighted by molar-refractivity contribution is 6.17. The third kappa shape index (κ3) is 3.91. The Morgan fingerprint density at radius 1 is 1.00 bits per heavy atom. The second-order valence-corrected chi connectivity index (χ2v) is 4.79. The normalized spacial score (nSPS) is 10.3. The lowest BCUT2D eigenvalue weighted by atomic mass is 10.1. The summed E-state index contributed by atoms with van der Waals surface area (Å²) in [5.41, 5.74) is 2.29. The molecule has 2 aromatic rings. The Bertz CT molecular complexity index is 504. The summed E-state index contributed by atoms with van der Waals surface area (Å²) in [6.07, 6.45) is 1.97. The molecule has 0 heterocycles. The molecule has 0 fully saturated rings. The minimum absolute atomic E-state index is 0.422. The maximum atomic E-state index is 5.93. The average Bonchev–Trinajstić information content (AvgIpc) is 2.52. The molecule has 0 aliphatic rings. The van der Waals surface area contributed by atoms with Crippen molar-refractivity contribution in [1.29, 1.82) is 0 Å². The minimum Gasteiger partial charge on any atom is -0.493 e. The molecular formula is C17H19ClO2. The summed E-state index contributed by atoms with van der Waals surface area (Å²) >= 11 is 5.93. The lowest BCUT2D eigenvalue weighted by Crippen LogP contribution is -2.03. The van der Waals surface area contributed by atoms with Gasteiger partial charge in [-0.1, -0.05) is 42.5 Å². The molecule has 0 N–H and O–H groups in total. The van der Waals surface area contributed by atoms with Crippen LogP contribution < -0.4 is 9.47 Å². The molecule has 0 unspecified atom stereocenters. The zero-order valence-corrected chi connectivity index (χ0v) is 12.4. The number of halogens is 1. The molecule has 106 valence electrons. The van der Waals surface area contributed by atoms with Gasteiger partial charge in [-0.3, -0.25) is 0 Å².